The molecule has 0 saturated carbocycles. The lowest BCUT2D eigenvalue weighted by molar-refractivity contribution is 0.287. The lowest BCUT2D eigenvalue weighted by Gasteiger charge is -2.34. The Hall–Kier alpha value is -3.46. The molecule has 7 nitrogen and oxygen atoms in total. The molecule has 0 bridgehead atoms. The van der Waals surface area contributed by atoms with Crippen molar-refractivity contribution in [2.24, 2.45) is 0 Å². The van der Waals surface area contributed by atoms with Crippen LogP contribution in [-0.2, 0) is 0 Å². The summed E-state index contributed by atoms with van der Waals surface area (Å²) < 4.78 is 36.5. The lowest BCUT2D eigenvalue weighted by Crippen LogP contribution is -2.38. The van der Waals surface area contributed by atoms with E-state index in [2.05, 4.69) is 20.2 Å². The number of nitrogen functional groups attached to an aromatic ring is 1. The van der Waals surface area contributed by atoms with Gasteiger partial charge >= 0.3 is 0 Å². The van der Waals surface area contributed by atoms with Gasteiger partial charge in [-0.3, -0.25) is 0 Å². The number of aromatic nitrogens is 2. The Labute approximate surface area is 203 Å². The van der Waals surface area contributed by atoms with Crippen LogP contribution in [0.15, 0.2) is 36.4 Å². The number of halogens is 2. The number of benzene rings is 2. The van der Waals surface area contributed by atoms with E-state index in [0.717, 1.165) is 38.3 Å². The summed E-state index contributed by atoms with van der Waals surface area (Å²) in [6.07, 6.45) is 1.03. The van der Waals surface area contributed by atoms with Crippen molar-refractivity contribution in [1.82, 2.24) is 15.3 Å². The molecule has 1 aromatic heterocycles. The summed E-state index contributed by atoms with van der Waals surface area (Å²) in [5.41, 5.74) is 8.54. The number of nitrogens with two attached hydrogens (primary N) is 1. The normalized spacial score (nSPS) is 16.1. The standard InChI is InChI=1S/C26H30F2N6O/c1-16(2)34-11-12-35-25-20(27)14-18(15-21(25)34)24-22(28)23(31-26(29)32-24)17-5-3-6-19(13-17)33-9-4-7-30-8-10-33/h3,5-6,13-16,30H,4,7-12H2,1-2H3,(H2,29,31,32). The van der Waals surface area contributed by atoms with Gasteiger partial charge < -0.3 is 25.6 Å². The number of hydrogen-bond donors (Lipinski definition) is 2. The maximum atomic E-state index is 15.9. The third kappa shape index (κ3) is 4.60. The minimum Gasteiger partial charge on any atom is -0.486 e. The molecule has 0 atom stereocenters. The van der Waals surface area contributed by atoms with E-state index in [4.69, 9.17) is 10.5 Å². The molecule has 9 heteroatoms. The van der Waals surface area contributed by atoms with E-state index in [1.54, 1.807) is 12.1 Å². The van der Waals surface area contributed by atoms with Crippen LogP contribution in [0.1, 0.15) is 20.3 Å². The average Bonchev–Trinajstić information content (AvgIpc) is 3.14. The van der Waals surface area contributed by atoms with Crippen LogP contribution < -0.4 is 25.6 Å². The van der Waals surface area contributed by atoms with Crippen LogP contribution in [0.2, 0.25) is 0 Å². The molecule has 3 heterocycles. The Morgan fingerprint density at radius 3 is 2.60 bits per heavy atom. The van der Waals surface area contributed by atoms with Crippen molar-refractivity contribution in [1.29, 1.82) is 0 Å². The summed E-state index contributed by atoms with van der Waals surface area (Å²) in [5.74, 6) is -1.09. The SMILES string of the molecule is CC(C)N1CCOc2c(F)cc(-c3nc(N)nc(-c4cccc(N5CCCNCC5)c4)c3F)cc21. The van der Waals surface area contributed by atoms with E-state index in [1.807, 2.05) is 36.9 Å². The molecule has 184 valence electrons. The van der Waals surface area contributed by atoms with Crippen LogP contribution in [0.4, 0.5) is 26.1 Å². The van der Waals surface area contributed by atoms with E-state index >= 15 is 8.78 Å². The second kappa shape index (κ2) is 9.65. The van der Waals surface area contributed by atoms with Crippen LogP contribution >= 0.6 is 0 Å². The predicted molar refractivity (Wildman–Crippen MR) is 135 cm³/mol. The predicted octanol–water partition coefficient (Wildman–Crippen LogP) is 4.08. The monoisotopic (exact) mass is 480 g/mol. The van der Waals surface area contributed by atoms with Gasteiger partial charge in [-0.05, 0) is 51.1 Å². The van der Waals surface area contributed by atoms with E-state index in [1.165, 1.54) is 6.07 Å². The quantitative estimate of drug-likeness (QED) is 0.583. The third-order valence-corrected chi connectivity index (χ3v) is 6.50. The third-order valence-electron chi connectivity index (χ3n) is 6.50. The Kier molecular flexibility index (Phi) is 6.42. The molecular formula is C26H30F2N6O. The van der Waals surface area contributed by atoms with Crippen molar-refractivity contribution < 1.29 is 13.5 Å². The summed E-state index contributed by atoms with van der Waals surface area (Å²) >= 11 is 0. The number of fused-ring (bicyclic) bond motifs is 1. The van der Waals surface area contributed by atoms with Gasteiger partial charge in [-0.2, -0.15) is 0 Å². The summed E-state index contributed by atoms with van der Waals surface area (Å²) in [6.45, 7) is 8.71. The Balaban J connectivity index is 1.58. The summed E-state index contributed by atoms with van der Waals surface area (Å²) in [7, 11) is 0. The van der Waals surface area contributed by atoms with Crippen molar-refractivity contribution >= 4 is 17.3 Å². The largest absolute Gasteiger partial charge is 0.486 e. The first-order valence-electron chi connectivity index (χ1n) is 12.0. The molecular weight excluding hydrogens is 450 g/mol. The van der Waals surface area contributed by atoms with Crippen LogP contribution in [0, 0.1) is 11.6 Å². The van der Waals surface area contributed by atoms with Gasteiger partial charge in [0.15, 0.2) is 17.4 Å². The molecule has 1 saturated heterocycles. The minimum absolute atomic E-state index is 0.0344. The van der Waals surface area contributed by atoms with Crippen LogP contribution in [-0.4, -0.2) is 55.3 Å². The molecule has 5 rings (SSSR count). The van der Waals surface area contributed by atoms with E-state index in [9.17, 15) is 0 Å². The number of anilines is 3. The summed E-state index contributed by atoms with van der Waals surface area (Å²) in [4.78, 5) is 12.7. The minimum atomic E-state index is -0.638. The van der Waals surface area contributed by atoms with Gasteiger partial charge in [-0.1, -0.05) is 12.1 Å². The second-order valence-corrected chi connectivity index (χ2v) is 9.18. The van der Waals surface area contributed by atoms with Gasteiger partial charge in [0.05, 0.1) is 12.2 Å². The first-order chi connectivity index (χ1) is 16.9. The molecule has 0 aliphatic carbocycles. The Morgan fingerprint density at radius 1 is 1.00 bits per heavy atom. The van der Waals surface area contributed by atoms with Crippen molar-refractivity contribution in [2.45, 2.75) is 26.3 Å². The molecule has 2 aromatic carbocycles. The fourth-order valence-electron chi connectivity index (χ4n) is 4.78. The maximum Gasteiger partial charge on any atom is 0.221 e. The lowest BCUT2D eigenvalue weighted by atomic mass is 10.0. The van der Waals surface area contributed by atoms with E-state index in [0.29, 0.717) is 30.0 Å². The number of rotatable bonds is 4. The molecule has 2 aliphatic rings. The fraction of sp³-hybridized carbons (Fsp3) is 0.385. The molecule has 35 heavy (non-hydrogen) atoms. The van der Waals surface area contributed by atoms with Crippen molar-refractivity contribution in [3.8, 4) is 28.3 Å². The first-order valence-corrected chi connectivity index (χ1v) is 12.0. The first kappa shape index (κ1) is 23.3. The number of nitrogens with one attached hydrogen (secondary N) is 1. The molecule has 2 aliphatic heterocycles. The van der Waals surface area contributed by atoms with E-state index < -0.39 is 11.6 Å². The maximum absolute atomic E-state index is 15.9. The van der Waals surface area contributed by atoms with Crippen LogP contribution in [0.3, 0.4) is 0 Å². The summed E-state index contributed by atoms with van der Waals surface area (Å²) in [5, 5.41) is 3.39. The number of ether oxygens (including phenoxy) is 1. The number of hydrogen-bond acceptors (Lipinski definition) is 7. The van der Waals surface area contributed by atoms with E-state index in [-0.39, 0.29) is 29.1 Å². The zero-order valence-corrected chi connectivity index (χ0v) is 20.0. The highest BCUT2D eigenvalue weighted by molar-refractivity contribution is 5.77. The summed E-state index contributed by atoms with van der Waals surface area (Å²) in [6, 6.07) is 10.7. The second-order valence-electron chi connectivity index (χ2n) is 9.18. The zero-order chi connectivity index (χ0) is 24.5. The smallest absolute Gasteiger partial charge is 0.221 e. The van der Waals surface area contributed by atoms with Gasteiger partial charge in [0.25, 0.3) is 0 Å². The molecule has 0 spiro atoms. The van der Waals surface area contributed by atoms with Crippen LogP contribution in [0.5, 0.6) is 5.75 Å². The molecule has 1 fully saturated rings. The highest BCUT2D eigenvalue weighted by atomic mass is 19.1. The van der Waals surface area contributed by atoms with Crippen LogP contribution in [0.25, 0.3) is 22.5 Å². The molecule has 3 N–H and O–H groups in total. The van der Waals surface area contributed by atoms with Gasteiger partial charge in [-0.15, -0.1) is 0 Å². The topological polar surface area (TPSA) is 79.5 Å². The van der Waals surface area contributed by atoms with Crippen molar-refractivity contribution in [3.05, 3.63) is 48.0 Å². The van der Waals surface area contributed by atoms with Gasteiger partial charge in [-0.25, -0.2) is 18.7 Å². The molecule has 3 aromatic rings. The highest BCUT2D eigenvalue weighted by Gasteiger charge is 2.26. The molecule has 0 amide bonds. The average molecular weight is 481 g/mol. The fourth-order valence-corrected chi connectivity index (χ4v) is 4.78. The molecule has 0 unspecified atom stereocenters. The van der Waals surface area contributed by atoms with Crippen molar-refractivity contribution in [2.75, 3.05) is 54.9 Å². The zero-order valence-electron chi connectivity index (χ0n) is 20.0. The van der Waals surface area contributed by atoms with Gasteiger partial charge in [0.1, 0.15) is 18.0 Å². The molecule has 0 radical (unpaired) electrons. The van der Waals surface area contributed by atoms with Gasteiger partial charge in [0.2, 0.25) is 5.95 Å². The Bertz CT molecular complexity index is 1230. The highest BCUT2D eigenvalue weighted by Crippen LogP contribution is 2.40. The van der Waals surface area contributed by atoms with Crippen molar-refractivity contribution in [3.63, 3.8) is 0 Å². The number of nitrogens with zero attached hydrogens (tertiary/aromatic N) is 4. The van der Waals surface area contributed by atoms with Gasteiger partial charge in [0, 0.05) is 42.5 Å². The Morgan fingerprint density at radius 2 is 1.80 bits per heavy atom.